The summed E-state index contributed by atoms with van der Waals surface area (Å²) in [4.78, 5) is 12.6. The minimum atomic E-state index is -3.36. The first-order valence-electron chi connectivity index (χ1n) is 12.1. The number of hydrogen-bond acceptors (Lipinski definition) is 9. The molecule has 3 atom stereocenters. The van der Waals surface area contributed by atoms with Crippen LogP contribution in [0.3, 0.4) is 0 Å². The average Bonchev–Trinajstić information content (AvgIpc) is 3.73. The van der Waals surface area contributed by atoms with Crippen LogP contribution in [-0.2, 0) is 19.9 Å². The van der Waals surface area contributed by atoms with Gasteiger partial charge in [-0.1, -0.05) is 0 Å². The van der Waals surface area contributed by atoms with Crippen LogP contribution >= 0.6 is 0 Å². The Morgan fingerprint density at radius 3 is 2.11 bits per heavy atom. The fourth-order valence-corrected chi connectivity index (χ4v) is 9.03. The molecule has 188 valence electrons. The van der Waals surface area contributed by atoms with Gasteiger partial charge in [0, 0.05) is 24.9 Å². The Balaban J connectivity index is 1.14. The van der Waals surface area contributed by atoms with Crippen molar-refractivity contribution in [2.45, 2.75) is 92.0 Å². The molecule has 0 N–H and O–H groups in total. The predicted molar refractivity (Wildman–Crippen MR) is 126 cm³/mol. The number of sulfonamides is 1. The lowest BCUT2D eigenvalue weighted by Crippen LogP contribution is -2.50. The SMILES string of the molecule is Cc1c(Oc2ccc(S(=O)(=O)C3CC3)nc2)ncnc1O[C@H]1CC2CC[C@@H](C1)N2S(=O)(=O)C1CC1. The predicted octanol–water partition coefficient (Wildman–Crippen LogP) is 2.77. The highest BCUT2D eigenvalue weighted by atomic mass is 32.2. The zero-order valence-corrected chi connectivity index (χ0v) is 21.0. The number of nitrogens with zero attached hydrogens (tertiary/aromatic N) is 4. The number of aromatic nitrogens is 3. The molecule has 2 saturated heterocycles. The highest BCUT2D eigenvalue weighted by Crippen LogP contribution is 2.44. The normalized spacial score (nSPS) is 27.1. The first-order valence-corrected chi connectivity index (χ1v) is 15.2. The summed E-state index contributed by atoms with van der Waals surface area (Å²) in [5.41, 5.74) is 0.613. The summed E-state index contributed by atoms with van der Waals surface area (Å²) in [6.45, 7) is 1.80. The van der Waals surface area contributed by atoms with Crippen molar-refractivity contribution in [2.75, 3.05) is 0 Å². The Hall–Kier alpha value is -2.31. The summed E-state index contributed by atoms with van der Waals surface area (Å²) >= 11 is 0. The first-order chi connectivity index (χ1) is 16.7. The van der Waals surface area contributed by atoms with Crippen LogP contribution in [0.15, 0.2) is 29.7 Å². The molecule has 6 rings (SSSR count). The van der Waals surface area contributed by atoms with E-state index in [1.54, 1.807) is 17.3 Å². The van der Waals surface area contributed by atoms with Crippen molar-refractivity contribution in [1.29, 1.82) is 0 Å². The third-order valence-electron chi connectivity index (χ3n) is 7.31. The number of rotatable bonds is 8. The zero-order chi connectivity index (χ0) is 24.4. The lowest BCUT2D eigenvalue weighted by molar-refractivity contribution is 0.0906. The molecule has 2 aliphatic carbocycles. The van der Waals surface area contributed by atoms with Gasteiger partial charge in [-0.2, -0.15) is 4.31 Å². The topological polar surface area (TPSA) is 129 Å². The van der Waals surface area contributed by atoms with E-state index in [2.05, 4.69) is 15.0 Å². The highest BCUT2D eigenvalue weighted by molar-refractivity contribution is 7.92. The average molecular weight is 521 g/mol. The first kappa shape index (κ1) is 23.1. The van der Waals surface area contributed by atoms with Gasteiger partial charge in [0.05, 0.1) is 22.3 Å². The number of ether oxygens (including phenoxy) is 2. The van der Waals surface area contributed by atoms with E-state index in [0.717, 1.165) is 25.7 Å². The van der Waals surface area contributed by atoms with E-state index in [1.807, 2.05) is 0 Å². The molecule has 35 heavy (non-hydrogen) atoms. The molecule has 1 unspecified atom stereocenters. The number of pyridine rings is 1. The minimum Gasteiger partial charge on any atom is -0.474 e. The minimum absolute atomic E-state index is 0.0151. The number of piperidine rings is 1. The van der Waals surface area contributed by atoms with Crippen LogP contribution in [0.1, 0.15) is 56.9 Å². The Morgan fingerprint density at radius 2 is 1.51 bits per heavy atom. The lowest BCUT2D eigenvalue weighted by atomic mass is 10.0. The maximum Gasteiger partial charge on any atom is 0.229 e. The van der Waals surface area contributed by atoms with Gasteiger partial charge in [0.15, 0.2) is 14.9 Å². The summed E-state index contributed by atoms with van der Waals surface area (Å²) in [6, 6.07) is 2.99. The van der Waals surface area contributed by atoms with Crippen molar-refractivity contribution in [1.82, 2.24) is 19.3 Å². The van der Waals surface area contributed by atoms with Gasteiger partial charge in [-0.25, -0.2) is 31.8 Å². The van der Waals surface area contributed by atoms with E-state index in [9.17, 15) is 16.8 Å². The van der Waals surface area contributed by atoms with E-state index < -0.39 is 19.9 Å². The number of fused-ring (bicyclic) bond motifs is 2. The maximum atomic E-state index is 12.9. The van der Waals surface area contributed by atoms with Gasteiger partial charge in [0.25, 0.3) is 0 Å². The van der Waals surface area contributed by atoms with Crippen molar-refractivity contribution in [3.05, 3.63) is 30.2 Å². The van der Waals surface area contributed by atoms with Crippen molar-refractivity contribution < 1.29 is 26.3 Å². The Kier molecular flexibility index (Phi) is 5.53. The molecule has 4 heterocycles. The van der Waals surface area contributed by atoms with Gasteiger partial charge >= 0.3 is 0 Å². The molecule has 2 saturated carbocycles. The van der Waals surface area contributed by atoms with Crippen LogP contribution in [-0.4, -0.2) is 64.8 Å². The molecule has 10 nitrogen and oxygen atoms in total. The van der Waals surface area contributed by atoms with E-state index in [1.165, 1.54) is 18.6 Å². The second kappa shape index (κ2) is 8.38. The third kappa shape index (κ3) is 4.29. The maximum absolute atomic E-state index is 12.9. The van der Waals surface area contributed by atoms with Crippen molar-refractivity contribution >= 4 is 19.9 Å². The van der Waals surface area contributed by atoms with Crippen LogP contribution in [0.25, 0.3) is 0 Å². The molecule has 4 aliphatic rings. The van der Waals surface area contributed by atoms with Gasteiger partial charge in [0.1, 0.15) is 18.2 Å². The molecule has 2 aromatic rings. The molecule has 2 bridgehead atoms. The number of sulfone groups is 1. The van der Waals surface area contributed by atoms with Crippen LogP contribution in [0, 0.1) is 6.92 Å². The molecule has 0 aromatic carbocycles. The monoisotopic (exact) mass is 520 g/mol. The van der Waals surface area contributed by atoms with Gasteiger partial charge in [-0.3, -0.25) is 0 Å². The standard InChI is InChI=1S/C23H28N4O6S2/c1-14-22(32-17-4-9-21(24-12-17)34(28,29)19-5-6-19)25-13-26-23(14)33-18-10-15-2-3-16(11-18)27(15)35(30,31)20-7-8-20/h4,9,12-13,15-16,18-20H,2-3,5-8,10-11H2,1H3/t15-,16?,18+/m0/s1. The summed E-state index contributed by atoms with van der Waals surface area (Å²) in [5.74, 6) is 1.06. The van der Waals surface area contributed by atoms with Crippen LogP contribution < -0.4 is 9.47 Å². The molecular weight excluding hydrogens is 492 g/mol. The summed E-state index contributed by atoms with van der Waals surface area (Å²) in [7, 11) is -6.55. The van der Waals surface area contributed by atoms with E-state index in [-0.39, 0.29) is 33.7 Å². The molecule has 0 amide bonds. The fraction of sp³-hybridized carbons (Fsp3) is 0.609. The van der Waals surface area contributed by atoms with Gasteiger partial charge < -0.3 is 9.47 Å². The molecule has 0 spiro atoms. The Bertz CT molecular complexity index is 1330. The molecule has 0 radical (unpaired) electrons. The van der Waals surface area contributed by atoms with Crippen LogP contribution in [0.4, 0.5) is 0 Å². The molecule has 4 fully saturated rings. The van der Waals surface area contributed by atoms with Crippen molar-refractivity contribution in [3.63, 3.8) is 0 Å². The zero-order valence-electron chi connectivity index (χ0n) is 19.4. The summed E-state index contributed by atoms with van der Waals surface area (Å²) < 4.78 is 64.3. The van der Waals surface area contributed by atoms with Gasteiger partial charge in [-0.15, -0.1) is 0 Å². The fourth-order valence-electron chi connectivity index (χ4n) is 5.19. The van der Waals surface area contributed by atoms with Crippen molar-refractivity contribution in [3.8, 4) is 17.5 Å². The van der Waals surface area contributed by atoms with Crippen LogP contribution in [0.5, 0.6) is 17.5 Å². The quantitative estimate of drug-likeness (QED) is 0.516. The Labute approximate surface area is 205 Å². The molecule has 2 aliphatic heterocycles. The van der Waals surface area contributed by atoms with Crippen LogP contribution in [0.2, 0.25) is 0 Å². The highest BCUT2D eigenvalue weighted by Gasteiger charge is 2.52. The second-order valence-corrected chi connectivity index (χ2v) is 14.3. The summed E-state index contributed by atoms with van der Waals surface area (Å²) in [5, 5.41) is -0.453. The summed E-state index contributed by atoms with van der Waals surface area (Å²) in [6.07, 6.45) is 8.54. The van der Waals surface area contributed by atoms with E-state index in [0.29, 0.717) is 48.8 Å². The number of hydrogen-bond donors (Lipinski definition) is 0. The molecular formula is C23H28N4O6S2. The van der Waals surface area contributed by atoms with Crippen molar-refractivity contribution in [2.24, 2.45) is 0 Å². The van der Waals surface area contributed by atoms with Gasteiger partial charge in [-0.05, 0) is 57.6 Å². The molecule has 2 aromatic heterocycles. The smallest absolute Gasteiger partial charge is 0.229 e. The Morgan fingerprint density at radius 1 is 0.857 bits per heavy atom. The lowest BCUT2D eigenvalue weighted by Gasteiger charge is -2.37. The van der Waals surface area contributed by atoms with Gasteiger partial charge in [0.2, 0.25) is 21.8 Å². The van der Waals surface area contributed by atoms with E-state index in [4.69, 9.17) is 9.47 Å². The second-order valence-electron chi connectivity index (χ2n) is 9.96. The largest absolute Gasteiger partial charge is 0.474 e. The third-order valence-corrected chi connectivity index (χ3v) is 12.0. The van der Waals surface area contributed by atoms with E-state index >= 15 is 0 Å². The molecule has 12 heteroatoms.